The maximum atomic E-state index is 12.2. The highest BCUT2D eigenvalue weighted by atomic mass is 32.2. The molecular formula is C17H17N3O5S2. The van der Waals surface area contributed by atoms with E-state index in [9.17, 15) is 13.2 Å². The van der Waals surface area contributed by atoms with Crippen LogP contribution in [0.15, 0.2) is 40.7 Å². The van der Waals surface area contributed by atoms with Crippen LogP contribution >= 0.6 is 11.3 Å². The molecule has 0 atom stereocenters. The van der Waals surface area contributed by atoms with Crippen LogP contribution in [0.1, 0.15) is 0 Å². The molecule has 27 heavy (non-hydrogen) atoms. The van der Waals surface area contributed by atoms with Gasteiger partial charge in [0.1, 0.15) is 0 Å². The summed E-state index contributed by atoms with van der Waals surface area (Å²) in [5, 5.41) is 5.40. The average molecular weight is 407 g/mol. The van der Waals surface area contributed by atoms with Gasteiger partial charge in [0.05, 0.1) is 24.4 Å². The molecule has 0 spiro atoms. The van der Waals surface area contributed by atoms with E-state index in [1.165, 1.54) is 14.2 Å². The van der Waals surface area contributed by atoms with E-state index >= 15 is 0 Å². The lowest BCUT2D eigenvalue weighted by molar-refractivity contribution is 0.262. The number of sulfone groups is 1. The Morgan fingerprint density at radius 1 is 1.00 bits per heavy atom. The van der Waals surface area contributed by atoms with Gasteiger partial charge in [-0.2, -0.15) is 0 Å². The second kappa shape index (κ2) is 7.41. The predicted octanol–water partition coefficient (Wildman–Crippen LogP) is 3.36. The van der Waals surface area contributed by atoms with Crippen molar-refractivity contribution in [2.24, 2.45) is 0 Å². The Balaban J connectivity index is 1.76. The summed E-state index contributed by atoms with van der Waals surface area (Å²) in [6.07, 6.45) is 1.11. The van der Waals surface area contributed by atoms with Crippen molar-refractivity contribution in [3.8, 4) is 11.5 Å². The Kier molecular flexibility index (Phi) is 5.19. The summed E-state index contributed by atoms with van der Waals surface area (Å²) < 4.78 is 34.3. The van der Waals surface area contributed by atoms with Crippen LogP contribution in [-0.4, -0.2) is 39.9 Å². The molecule has 142 valence electrons. The fourth-order valence-corrected chi connectivity index (χ4v) is 4.22. The molecule has 0 saturated heterocycles. The molecule has 0 aliphatic carbocycles. The van der Waals surface area contributed by atoms with Gasteiger partial charge in [-0.1, -0.05) is 0 Å². The number of carbonyl (C=O) groups excluding carboxylic acids is 1. The lowest BCUT2D eigenvalue weighted by atomic mass is 10.2. The van der Waals surface area contributed by atoms with Gasteiger partial charge in [0.2, 0.25) is 14.2 Å². The lowest BCUT2D eigenvalue weighted by Gasteiger charge is -2.11. The van der Waals surface area contributed by atoms with Crippen molar-refractivity contribution in [1.29, 1.82) is 0 Å². The number of urea groups is 1. The minimum absolute atomic E-state index is 0.0458. The normalized spacial score (nSPS) is 11.2. The largest absolute Gasteiger partial charge is 0.493 e. The van der Waals surface area contributed by atoms with Crippen LogP contribution in [-0.2, 0) is 9.84 Å². The number of nitrogens with zero attached hydrogens (tertiary/aromatic N) is 1. The molecule has 0 fully saturated rings. The third-order valence-electron chi connectivity index (χ3n) is 3.59. The predicted molar refractivity (Wildman–Crippen MR) is 105 cm³/mol. The maximum absolute atomic E-state index is 12.2. The van der Waals surface area contributed by atoms with Crippen molar-refractivity contribution < 1.29 is 22.7 Å². The van der Waals surface area contributed by atoms with E-state index in [0.29, 0.717) is 33.1 Å². The molecule has 0 saturated carbocycles. The number of nitrogens with one attached hydrogen (secondary N) is 2. The topological polar surface area (TPSA) is 107 Å². The zero-order chi connectivity index (χ0) is 19.6. The average Bonchev–Trinajstić information content (AvgIpc) is 3.05. The van der Waals surface area contributed by atoms with Crippen molar-refractivity contribution in [3.63, 3.8) is 0 Å². The number of carbonyl (C=O) groups is 1. The molecule has 0 aliphatic rings. The van der Waals surface area contributed by atoms with E-state index in [1.807, 2.05) is 0 Å². The molecule has 3 rings (SSSR count). The molecule has 2 amide bonds. The van der Waals surface area contributed by atoms with E-state index < -0.39 is 15.9 Å². The molecule has 1 heterocycles. The van der Waals surface area contributed by atoms with Gasteiger partial charge in [0.25, 0.3) is 0 Å². The van der Waals surface area contributed by atoms with Crippen molar-refractivity contribution in [2.45, 2.75) is 4.34 Å². The first kappa shape index (κ1) is 18.9. The van der Waals surface area contributed by atoms with Crippen molar-refractivity contribution in [2.75, 3.05) is 31.1 Å². The van der Waals surface area contributed by atoms with Gasteiger partial charge in [-0.05, 0) is 30.3 Å². The number of aromatic nitrogens is 1. The van der Waals surface area contributed by atoms with Crippen molar-refractivity contribution in [3.05, 3.63) is 36.4 Å². The van der Waals surface area contributed by atoms with E-state index in [1.54, 1.807) is 36.4 Å². The van der Waals surface area contributed by atoms with Crippen LogP contribution in [0.4, 0.5) is 16.2 Å². The van der Waals surface area contributed by atoms with Gasteiger partial charge in [0, 0.05) is 23.7 Å². The minimum Gasteiger partial charge on any atom is -0.493 e. The number of anilines is 2. The first-order chi connectivity index (χ1) is 12.8. The number of thiazole rings is 1. The quantitative estimate of drug-likeness (QED) is 0.672. The van der Waals surface area contributed by atoms with Gasteiger partial charge < -0.3 is 20.1 Å². The van der Waals surface area contributed by atoms with E-state index in [0.717, 1.165) is 17.6 Å². The molecule has 2 aromatic carbocycles. The number of fused-ring (bicyclic) bond motifs is 1. The molecule has 10 heteroatoms. The van der Waals surface area contributed by atoms with E-state index in [-0.39, 0.29) is 4.34 Å². The first-order valence-electron chi connectivity index (χ1n) is 7.71. The highest BCUT2D eigenvalue weighted by Crippen LogP contribution is 2.30. The molecule has 0 aliphatic heterocycles. The molecular weight excluding hydrogens is 390 g/mol. The highest BCUT2D eigenvalue weighted by Gasteiger charge is 2.14. The van der Waals surface area contributed by atoms with Crippen LogP contribution in [0.3, 0.4) is 0 Å². The van der Waals surface area contributed by atoms with Crippen molar-refractivity contribution in [1.82, 2.24) is 4.98 Å². The zero-order valence-electron chi connectivity index (χ0n) is 14.8. The van der Waals surface area contributed by atoms with Crippen LogP contribution in [0.25, 0.3) is 10.2 Å². The summed E-state index contributed by atoms with van der Waals surface area (Å²) in [6, 6.07) is 9.55. The molecule has 0 unspecified atom stereocenters. The Labute approximate surface area is 160 Å². The van der Waals surface area contributed by atoms with Crippen LogP contribution in [0.5, 0.6) is 11.5 Å². The third kappa shape index (κ3) is 4.29. The lowest BCUT2D eigenvalue weighted by Crippen LogP contribution is -2.19. The van der Waals surface area contributed by atoms with Gasteiger partial charge in [-0.3, -0.25) is 0 Å². The number of benzene rings is 2. The minimum atomic E-state index is -3.37. The number of ether oxygens (including phenoxy) is 2. The number of rotatable bonds is 5. The van der Waals surface area contributed by atoms with E-state index in [4.69, 9.17) is 9.47 Å². The number of hydrogen-bond donors (Lipinski definition) is 2. The molecule has 0 bridgehead atoms. The monoisotopic (exact) mass is 407 g/mol. The molecule has 8 nitrogen and oxygen atoms in total. The number of hydrogen-bond acceptors (Lipinski definition) is 7. The highest BCUT2D eigenvalue weighted by molar-refractivity contribution is 7.92. The summed E-state index contributed by atoms with van der Waals surface area (Å²) >= 11 is 1.06. The smallest absolute Gasteiger partial charge is 0.323 e. The van der Waals surface area contributed by atoms with Crippen LogP contribution in [0, 0.1) is 0 Å². The fraction of sp³-hybridized carbons (Fsp3) is 0.176. The summed E-state index contributed by atoms with van der Waals surface area (Å²) in [7, 11) is -0.327. The van der Waals surface area contributed by atoms with Crippen LogP contribution in [0.2, 0.25) is 0 Å². The van der Waals surface area contributed by atoms with Gasteiger partial charge >= 0.3 is 6.03 Å². The van der Waals surface area contributed by atoms with Gasteiger partial charge in [-0.15, -0.1) is 11.3 Å². The maximum Gasteiger partial charge on any atom is 0.323 e. The number of methoxy groups -OCH3 is 2. The number of amides is 2. The molecule has 1 aromatic heterocycles. The van der Waals surface area contributed by atoms with Crippen molar-refractivity contribution >= 4 is 48.8 Å². The zero-order valence-corrected chi connectivity index (χ0v) is 16.4. The van der Waals surface area contributed by atoms with E-state index in [2.05, 4.69) is 15.6 Å². The summed E-state index contributed by atoms with van der Waals surface area (Å²) in [6.45, 7) is 0. The summed E-state index contributed by atoms with van der Waals surface area (Å²) in [5.41, 5.74) is 1.61. The second-order valence-electron chi connectivity index (χ2n) is 5.58. The Bertz CT molecular complexity index is 1110. The Morgan fingerprint density at radius 3 is 2.26 bits per heavy atom. The fourth-order valence-electron chi connectivity index (χ4n) is 2.35. The van der Waals surface area contributed by atoms with Gasteiger partial charge in [0.15, 0.2) is 11.5 Å². The SMILES string of the molecule is COc1ccc(NC(=O)Nc2ccc3nc(S(C)(=O)=O)sc3c2)cc1OC. The van der Waals surface area contributed by atoms with Gasteiger partial charge in [-0.25, -0.2) is 18.2 Å². The molecule has 0 radical (unpaired) electrons. The summed E-state index contributed by atoms with van der Waals surface area (Å²) in [4.78, 5) is 16.3. The summed E-state index contributed by atoms with van der Waals surface area (Å²) in [5.74, 6) is 1.05. The molecule has 3 aromatic rings. The molecule has 2 N–H and O–H groups in total. The Hall–Kier alpha value is -2.85. The standard InChI is InChI=1S/C17H17N3O5S2/c1-24-13-7-5-10(8-14(13)25-2)18-16(21)19-11-4-6-12-15(9-11)26-17(20-12)27(3,22)23/h4-9H,1-3H3,(H2,18,19,21). The first-order valence-corrected chi connectivity index (χ1v) is 10.4. The Morgan fingerprint density at radius 2 is 1.63 bits per heavy atom. The van der Waals surface area contributed by atoms with Crippen LogP contribution < -0.4 is 20.1 Å². The third-order valence-corrected chi connectivity index (χ3v) is 6.28. The second-order valence-corrected chi connectivity index (χ2v) is 8.80.